The van der Waals surface area contributed by atoms with E-state index in [4.69, 9.17) is 5.11 Å². The fourth-order valence-electron chi connectivity index (χ4n) is 1.66. The first-order valence-corrected chi connectivity index (χ1v) is 5.06. The summed E-state index contributed by atoms with van der Waals surface area (Å²) >= 11 is 0. The number of aromatic nitrogens is 3. The van der Waals surface area contributed by atoms with Crippen LogP contribution in [0, 0.1) is 6.92 Å². The average Bonchev–Trinajstić information content (AvgIpc) is 2.84. The molecular formula is C11H10N4O3. The van der Waals surface area contributed by atoms with E-state index in [0.717, 1.165) is 0 Å². The second-order valence-corrected chi connectivity index (χ2v) is 3.59. The number of carboxylic acids is 1. The lowest BCUT2D eigenvalue weighted by atomic mass is 10.1. The van der Waals surface area contributed by atoms with Crippen LogP contribution in [0.3, 0.4) is 0 Å². The average molecular weight is 246 g/mol. The highest BCUT2D eigenvalue weighted by molar-refractivity contribution is 5.98. The Kier molecular flexibility index (Phi) is 3.05. The highest BCUT2D eigenvalue weighted by atomic mass is 16.4. The van der Waals surface area contributed by atoms with Crippen molar-refractivity contribution in [2.45, 2.75) is 6.92 Å². The molecule has 2 N–H and O–H groups in total. The Morgan fingerprint density at radius 2 is 2.28 bits per heavy atom. The van der Waals surface area contributed by atoms with Gasteiger partial charge in [0.25, 0.3) is 0 Å². The summed E-state index contributed by atoms with van der Waals surface area (Å²) in [6.45, 7) is 1.71. The van der Waals surface area contributed by atoms with Gasteiger partial charge in [0, 0.05) is 0 Å². The Bertz CT molecular complexity index is 593. The summed E-state index contributed by atoms with van der Waals surface area (Å²) in [6.07, 6.45) is 3.27. The van der Waals surface area contributed by atoms with Crippen LogP contribution in [0.5, 0.6) is 0 Å². The van der Waals surface area contributed by atoms with E-state index in [0.29, 0.717) is 17.7 Å². The first kappa shape index (κ1) is 11.8. The van der Waals surface area contributed by atoms with E-state index < -0.39 is 5.97 Å². The molecule has 1 heterocycles. The van der Waals surface area contributed by atoms with Gasteiger partial charge in [-0.15, -0.1) is 0 Å². The van der Waals surface area contributed by atoms with E-state index in [1.54, 1.807) is 13.0 Å². The Labute approximate surface area is 102 Å². The largest absolute Gasteiger partial charge is 0.478 e. The monoisotopic (exact) mass is 246 g/mol. The van der Waals surface area contributed by atoms with Crippen LogP contribution in [-0.2, 0) is 4.79 Å². The lowest BCUT2D eigenvalue weighted by Crippen LogP contribution is -2.08. The summed E-state index contributed by atoms with van der Waals surface area (Å²) in [4.78, 5) is 25.4. The number of aromatic carboxylic acids is 1. The van der Waals surface area contributed by atoms with Gasteiger partial charge < -0.3 is 10.4 Å². The minimum atomic E-state index is -1.12. The Hall–Kier alpha value is -2.70. The maximum absolute atomic E-state index is 11.2. The summed E-state index contributed by atoms with van der Waals surface area (Å²) in [6, 6.07) is 3.14. The number of carbonyl (C=O) groups is 2. The van der Waals surface area contributed by atoms with Gasteiger partial charge in [0.05, 0.1) is 16.9 Å². The van der Waals surface area contributed by atoms with Crippen molar-refractivity contribution in [3.8, 4) is 5.69 Å². The number of amides is 1. The number of hydrogen-bond donors (Lipinski definition) is 2. The molecule has 7 nitrogen and oxygen atoms in total. The van der Waals surface area contributed by atoms with E-state index >= 15 is 0 Å². The third-order valence-electron chi connectivity index (χ3n) is 2.44. The fraction of sp³-hybridized carbons (Fsp3) is 0.0909. The summed E-state index contributed by atoms with van der Waals surface area (Å²) in [5.41, 5.74) is 1.49. The van der Waals surface area contributed by atoms with E-state index in [1.807, 2.05) is 0 Å². The highest BCUT2D eigenvalue weighted by Gasteiger charge is 2.14. The maximum atomic E-state index is 11.2. The van der Waals surface area contributed by atoms with Gasteiger partial charge in [0.1, 0.15) is 12.7 Å². The van der Waals surface area contributed by atoms with Crippen molar-refractivity contribution >= 4 is 18.1 Å². The van der Waals surface area contributed by atoms with Crippen molar-refractivity contribution in [2.24, 2.45) is 0 Å². The van der Waals surface area contributed by atoms with Crippen molar-refractivity contribution < 1.29 is 14.7 Å². The molecule has 7 heteroatoms. The molecule has 0 aliphatic rings. The molecule has 0 fully saturated rings. The van der Waals surface area contributed by atoms with Gasteiger partial charge in [-0.05, 0) is 24.6 Å². The normalized spacial score (nSPS) is 10.1. The van der Waals surface area contributed by atoms with E-state index in [-0.39, 0.29) is 11.3 Å². The van der Waals surface area contributed by atoms with Gasteiger partial charge in [-0.25, -0.2) is 14.5 Å². The standard InChI is InChI=1S/C11H10N4O3/c1-7-2-8(15-5-12-4-14-15)3-9(11(17)18)10(7)13-6-16/h2-6H,1H3,(H,13,16)(H,17,18). The molecule has 0 saturated heterocycles. The Balaban J connectivity index is 2.60. The van der Waals surface area contributed by atoms with Crippen LogP contribution in [0.25, 0.3) is 5.69 Å². The zero-order chi connectivity index (χ0) is 13.1. The fourth-order valence-corrected chi connectivity index (χ4v) is 1.66. The predicted octanol–water partition coefficient (Wildman–Crippen LogP) is 0.842. The number of benzene rings is 1. The van der Waals surface area contributed by atoms with Gasteiger partial charge in [-0.2, -0.15) is 5.10 Å². The first-order valence-electron chi connectivity index (χ1n) is 5.06. The third kappa shape index (κ3) is 2.05. The van der Waals surface area contributed by atoms with E-state index in [2.05, 4.69) is 15.4 Å². The van der Waals surface area contributed by atoms with Crippen molar-refractivity contribution in [1.29, 1.82) is 0 Å². The lowest BCUT2D eigenvalue weighted by molar-refractivity contribution is -0.105. The molecule has 1 aromatic carbocycles. The van der Waals surface area contributed by atoms with Crippen molar-refractivity contribution in [3.63, 3.8) is 0 Å². The number of rotatable bonds is 4. The summed E-state index contributed by atoms with van der Waals surface area (Å²) in [5, 5.41) is 15.5. The Morgan fingerprint density at radius 3 is 2.83 bits per heavy atom. The molecule has 0 radical (unpaired) electrons. The molecule has 0 unspecified atom stereocenters. The minimum Gasteiger partial charge on any atom is -0.478 e. The van der Waals surface area contributed by atoms with Gasteiger partial charge in [-0.3, -0.25) is 4.79 Å². The molecule has 2 rings (SSSR count). The van der Waals surface area contributed by atoms with Gasteiger partial charge >= 0.3 is 5.97 Å². The van der Waals surface area contributed by atoms with Gasteiger partial charge in [-0.1, -0.05) is 0 Å². The van der Waals surface area contributed by atoms with Gasteiger partial charge in [0.15, 0.2) is 0 Å². The van der Waals surface area contributed by atoms with Crippen LogP contribution >= 0.6 is 0 Å². The number of carbonyl (C=O) groups excluding carboxylic acids is 1. The van der Waals surface area contributed by atoms with Crippen LogP contribution in [0.1, 0.15) is 15.9 Å². The molecule has 0 spiro atoms. The molecular weight excluding hydrogens is 236 g/mol. The minimum absolute atomic E-state index is 0.00704. The van der Waals surface area contributed by atoms with Crippen LogP contribution in [0.4, 0.5) is 5.69 Å². The van der Waals surface area contributed by atoms with E-state index in [1.165, 1.54) is 23.4 Å². The second kappa shape index (κ2) is 4.66. The predicted molar refractivity (Wildman–Crippen MR) is 62.7 cm³/mol. The Morgan fingerprint density at radius 1 is 1.50 bits per heavy atom. The molecule has 1 aromatic heterocycles. The molecule has 1 amide bonds. The second-order valence-electron chi connectivity index (χ2n) is 3.59. The molecule has 0 bridgehead atoms. The molecule has 0 aliphatic carbocycles. The number of hydrogen-bond acceptors (Lipinski definition) is 4. The molecule has 0 saturated carbocycles. The summed E-state index contributed by atoms with van der Waals surface area (Å²) < 4.78 is 1.45. The van der Waals surface area contributed by atoms with Crippen LogP contribution in [0.2, 0.25) is 0 Å². The van der Waals surface area contributed by atoms with Crippen molar-refractivity contribution in [1.82, 2.24) is 14.8 Å². The molecule has 18 heavy (non-hydrogen) atoms. The van der Waals surface area contributed by atoms with Crippen molar-refractivity contribution in [3.05, 3.63) is 35.9 Å². The number of nitrogens with one attached hydrogen (secondary N) is 1. The van der Waals surface area contributed by atoms with Crippen LogP contribution in [-0.4, -0.2) is 32.3 Å². The topological polar surface area (TPSA) is 97.1 Å². The molecule has 0 aliphatic heterocycles. The maximum Gasteiger partial charge on any atom is 0.337 e. The summed E-state index contributed by atoms with van der Waals surface area (Å²) in [7, 11) is 0. The number of aryl methyl sites for hydroxylation is 1. The van der Waals surface area contributed by atoms with E-state index in [9.17, 15) is 9.59 Å². The van der Waals surface area contributed by atoms with Crippen LogP contribution in [0.15, 0.2) is 24.8 Å². The quantitative estimate of drug-likeness (QED) is 0.779. The molecule has 92 valence electrons. The lowest BCUT2D eigenvalue weighted by Gasteiger charge is -2.11. The van der Waals surface area contributed by atoms with Crippen LogP contribution < -0.4 is 5.32 Å². The van der Waals surface area contributed by atoms with Crippen molar-refractivity contribution in [2.75, 3.05) is 5.32 Å². The number of anilines is 1. The SMILES string of the molecule is Cc1cc(-n2cncn2)cc(C(=O)O)c1NC=O. The molecule has 0 atom stereocenters. The zero-order valence-electron chi connectivity index (χ0n) is 9.49. The first-order chi connectivity index (χ1) is 8.63. The zero-order valence-corrected chi connectivity index (χ0v) is 9.49. The third-order valence-corrected chi connectivity index (χ3v) is 2.44. The highest BCUT2D eigenvalue weighted by Crippen LogP contribution is 2.24. The number of nitrogens with zero attached hydrogens (tertiary/aromatic N) is 3. The number of carboxylic acid groups (broad SMARTS) is 1. The smallest absolute Gasteiger partial charge is 0.337 e. The summed E-state index contributed by atoms with van der Waals surface area (Å²) in [5.74, 6) is -1.12. The van der Waals surface area contributed by atoms with Gasteiger partial charge in [0.2, 0.25) is 6.41 Å². The molecule has 2 aromatic rings.